The predicted molar refractivity (Wildman–Crippen MR) is 96.0 cm³/mol. The van der Waals surface area contributed by atoms with Crippen LogP contribution < -0.4 is 0 Å². The number of thioether (sulfide) groups is 1. The molecule has 1 aromatic rings. The molecular weight excluding hydrogens is 389 g/mol. The van der Waals surface area contributed by atoms with Gasteiger partial charge in [0.15, 0.2) is 0 Å². The van der Waals surface area contributed by atoms with Crippen LogP contribution >= 0.6 is 50.9 Å². The van der Waals surface area contributed by atoms with E-state index in [-0.39, 0.29) is 11.3 Å². The molecule has 0 fully saturated rings. The summed E-state index contributed by atoms with van der Waals surface area (Å²) in [4.78, 5) is 4.55. The lowest BCUT2D eigenvalue weighted by Crippen LogP contribution is -2.19. The number of hydrogen-bond acceptors (Lipinski definition) is 2. The summed E-state index contributed by atoms with van der Waals surface area (Å²) in [6, 6.07) is 5.99. The molecular formula is C16H12BrCl2NS. The monoisotopic (exact) mass is 399 g/mol. The number of allylic oxidation sites excluding steroid dienone is 1. The second-order valence-electron chi connectivity index (χ2n) is 5.49. The summed E-state index contributed by atoms with van der Waals surface area (Å²) in [7, 11) is 0. The summed E-state index contributed by atoms with van der Waals surface area (Å²) in [5, 5.41) is 3.32. The fraction of sp³-hybridized carbons (Fsp3) is 0.312. The molecule has 0 N–H and O–H groups in total. The zero-order chi connectivity index (χ0) is 14.6. The van der Waals surface area contributed by atoms with Crippen LogP contribution in [0.3, 0.4) is 0 Å². The van der Waals surface area contributed by atoms with E-state index in [4.69, 9.17) is 23.2 Å². The normalized spacial score (nSPS) is 29.9. The van der Waals surface area contributed by atoms with Gasteiger partial charge < -0.3 is 0 Å². The Morgan fingerprint density at radius 3 is 3.00 bits per heavy atom. The average molecular weight is 401 g/mol. The Morgan fingerprint density at radius 2 is 2.24 bits per heavy atom. The Balaban J connectivity index is 1.61. The van der Waals surface area contributed by atoms with E-state index in [0.29, 0.717) is 10.4 Å². The van der Waals surface area contributed by atoms with Crippen LogP contribution in [-0.4, -0.2) is 10.4 Å². The van der Waals surface area contributed by atoms with E-state index in [9.17, 15) is 0 Å². The second-order valence-corrected chi connectivity index (χ2v) is 8.28. The minimum Gasteiger partial charge on any atom is -0.241 e. The number of fused-ring (bicyclic) bond motifs is 2. The minimum atomic E-state index is -0.115. The Hall–Kier alpha value is -0.220. The molecule has 1 nitrogen and oxygen atoms in total. The predicted octanol–water partition coefficient (Wildman–Crippen LogP) is 6.35. The van der Waals surface area contributed by atoms with Crippen molar-refractivity contribution in [1.29, 1.82) is 0 Å². The maximum absolute atomic E-state index is 6.72. The summed E-state index contributed by atoms with van der Waals surface area (Å²) in [6.07, 6.45) is 4.24. The van der Waals surface area contributed by atoms with Crippen LogP contribution in [-0.2, 0) is 0 Å². The van der Waals surface area contributed by atoms with Crippen molar-refractivity contribution < 1.29 is 0 Å². The molecule has 2 aliphatic heterocycles. The topological polar surface area (TPSA) is 12.4 Å². The molecule has 2 heterocycles. The third kappa shape index (κ3) is 2.52. The zero-order valence-corrected chi connectivity index (χ0v) is 14.9. The number of rotatable bonds is 2. The molecule has 0 radical (unpaired) electrons. The van der Waals surface area contributed by atoms with Crippen molar-refractivity contribution in [2.75, 3.05) is 0 Å². The van der Waals surface area contributed by atoms with E-state index in [0.717, 1.165) is 28.6 Å². The van der Waals surface area contributed by atoms with Crippen molar-refractivity contribution in [2.24, 2.45) is 10.9 Å². The lowest BCUT2D eigenvalue weighted by atomic mass is 9.92. The quantitative estimate of drug-likeness (QED) is 0.416. The number of alkyl halides is 1. The van der Waals surface area contributed by atoms with Crippen LogP contribution in [0.1, 0.15) is 23.8 Å². The fourth-order valence-electron chi connectivity index (χ4n) is 3.05. The molecule has 0 amide bonds. The van der Waals surface area contributed by atoms with Gasteiger partial charge in [-0.3, -0.25) is 0 Å². The van der Waals surface area contributed by atoms with Crippen LogP contribution in [0.2, 0.25) is 0 Å². The van der Waals surface area contributed by atoms with E-state index < -0.39 is 0 Å². The molecule has 0 aromatic heterocycles. The highest BCUT2D eigenvalue weighted by Crippen LogP contribution is 2.54. The second kappa shape index (κ2) is 5.45. The maximum Gasteiger partial charge on any atom is 0.112 e. The highest BCUT2D eigenvalue weighted by molar-refractivity contribution is 9.10. The third-order valence-electron chi connectivity index (χ3n) is 4.22. The largest absolute Gasteiger partial charge is 0.241 e. The number of aliphatic imine (C=N–C) groups is 1. The minimum absolute atomic E-state index is 0.0869. The van der Waals surface area contributed by atoms with Crippen LogP contribution in [0.25, 0.3) is 0 Å². The molecule has 0 spiro atoms. The van der Waals surface area contributed by atoms with Gasteiger partial charge in [-0.25, -0.2) is 4.99 Å². The summed E-state index contributed by atoms with van der Waals surface area (Å²) in [5.74, 6) is 0.0869. The van der Waals surface area contributed by atoms with Gasteiger partial charge in [-0.05, 0) is 47.6 Å². The van der Waals surface area contributed by atoms with Gasteiger partial charge in [0, 0.05) is 10.4 Å². The number of benzene rings is 1. The summed E-state index contributed by atoms with van der Waals surface area (Å²) in [5.41, 5.74) is 5.05. The number of nitrogens with zero attached hydrogens (tertiary/aromatic N) is 1. The van der Waals surface area contributed by atoms with Crippen molar-refractivity contribution in [2.45, 2.75) is 23.5 Å². The molecule has 3 aliphatic rings. The first kappa shape index (κ1) is 14.4. The van der Waals surface area contributed by atoms with Crippen molar-refractivity contribution >= 4 is 61.8 Å². The third-order valence-corrected chi connectivity index (χ3v) is 6.81. The molecule has 5 heteroatoms. The smallest absolute Gasteiger partial charge is 0.112 e. The van der Waals surface area contributed by atoms with Crippen molar-refractivity contribution in [3.8, 4) is 0 Å². The highest BCUT2D eigenvalue weighted by Gasteiger charge is 2.41. The van der Waals surface area contributed by atoms with Gasteiger partial charge in [0.05, 0.1) is 16.3 Å². The Bertz CT molecular complexity index is 710. The van der Waals surface area contributed by atoms with Crippen LogP contribution in [0.15, 0.2) is 50.3 Å². The molecule has 1 aliphatic carbocycles. The lowest BCUT2D eigenvalue weighted by molar-refractivity contribution is 0.663. The van der Waals surface area contributed by atoms with Gasteiger partial charge in [-0.2, -0.15) is 0 Å². The van der Waals surface area contributed by atoms with Gasteiger partial charge in [0.1, 0.15) is 5.17 Å². The van der Waals surface area contributed by atoms with Crippen LogP contribution in [0.4, 0.5) is 5.69 Å². The zero-order valence-electron chi connectivity index (χ0n) is 11.0. The average Bonchev–Trinajstić information content (AvgIpc) is 3.18. The maximum atomic E-state index is 6.72. The van der Waals surface area contributed by atoms with E-state index in [1.54, 1.807) is 5.57 Å². The molecule has 0 bridgehead atoms. The van der Waals surface area contributed by atoms with Crippen molar-refractivity contribution in [3.63, 3.8) is 0 Å². The van der Waals surface area contributed by atoms with E-state index in [1.807, 2.05) is 23.9 Å². The molecule has 108 valence electrons. The van der Waals surface area contributed by atoms with Gasteiger partial charge in [-0.15, -0.1) is 23.4 Å². The van der Waals surface area contributed by atoms with Gasteiger partial charge >= 0.3 is 0 Å². The molecule has 0 saturated heterocycles. The molecule has 1 aromatic carbocycles. The molecule has 4 rings (SSSR count). The fourth-order valence-corrected chi connectivity index (χ4v) is 5.29. The van der Waals surface area contributed by atoms with Crippen LogP contribution in [0.5, 0.6) is 0 Å². The number of halogens is 3. The molecule has 3 atom stereocenters. The van der Waals surface area contributed by atoms with E-state index in [1.165, 1.54) is 5.57 Å². The molecule has 2 unspecified atom stereocenters. The standard InChI is InChI=1S/C16H12BrCl2NS/c17-8-3-4-13-11(6-8)14(18)12(16(19)20-13)7-10-9-2-1-5-21-15(9)10/h1,3-6,12,14-15H,2,7H2/t12?,14?,15-/m0/s1. The van der Waals surface area contributed by atoms with Crippen molar-refractivity contribution in [3.05, 3.63) is 50.9 Å². The van der Waals surface area contributed by atoms with Crippen LogP contribution in [0, 0.1) is 5.92 Å². The summed E-state index contributed by atoms with van der Waals surface area (Å²) >= 11 is 18.5. The molecule has 0 saturated carbocycles. The molecule has 21 heavy (non-hydrogen) atoms. The Labute approximate surface area is 146 Å². The van der Waals surface area contributed by atoms with Gasteiger partial charge in [0.2, 0.25) is 0 Å². The Kier molecular flexibility index (Phi) is 3.73. The first-order chi connectivity index (χ1) is 10.1. The van der Waals surface area contributed by atoms with E-state index in [2.05, 4.69) is 38.5 Å². The summed E-state index contributed by atoms with van der Waals surface area (Å²) < 4.78 is 1.03. The summed E-state index contributed by atoms with van der Waals surface area (Å²) in [6.45, 7) is 0. The van der Waals surface area contributed by atoms with Crippen molar-refractivity contribution in [1.82, 2.24) is 0 Å². The lowest BCUT2D eigenvalue weighted by Gasteiger charge is -2.26. The van der Waals surface area contributed by atoms with E-state index >= 15 is 0 Å². The van der Waals surface area contributed by atoms with Gasteiger partial charge in [-0.1, -0.05) is 39.2 Å². The Morgan fingerprint density at radius 1 is 1.38 bits per heavy atom. The first-order valence-corrected chi connectivity index (χ1v) is 9.40. The first-order valence-electron chi connectivity index (χ1n) is 6.85. The SMILES string of the molecule is ClC1=Nc2ccc(Br)cc2C(Cl)C1CC1=C2CC=CS[C@@H]21. The highest BCUT2D eigenvalue weighted by atomic mass is 79.9. The number of hydrogen-bond donors (Lipinski definition) is 0. The van der Waals surface area contributed by atoms with Gasteiger partial charge in [0.25, 0.3) is 0 Å².